The molecule has 0 aliphatic carbocycles. The molecule has 0 spiro atoms. The number of ketones is 1. The average Bonchev–Trinajstić information content (AvgIpc) is 3.16. The van der Waals surface area contributed by atoms with Crippen molar-refractivity contribution in [2.45, 2.75) is 110 Å². The highest BCUT2D eigenvalue weighted by Gasteiger charge is 2.58. The van der Waals surface area contributed by atoms with Gasteiger partial charge >= 0.3 is 5.97 Å². The van der Waals surface area contributed by atoms with E-state index in [0.29, 0.717) is 13.0 Å². The number of carbonyl (C=O) groups excluding carboxylic acids is 2. The Labute approximate surface area is 231 Å². The number of carbonyl (C=O) groups is 2. The third-order valence-electron chi connectivity index (χ3n) is 9.06. The van der Waals surface area contributed by atoms with Crippen molar-refractivity contribution in [1.82, 2.24) is 9.88 Å². The minimum atomic E-state index is -1.24. The van der Waals surface area contributed by atoms with Crippen LogP contribution in [0.3, 0.4) is 0 Å². The van der Waals surface area contributed by atoms with Gasteiger partial charge in [-0.1, -0.05) is 34.1 Å². The summed E-state index contributed by atoms with van der Waals surface area (Å²) in [7, 11) is 0. The number of Topliss-reactive ketones (excluding diaryl/α,β-unsaturated/α-hetero) is 1. The maximum atomic E-state index is 13.3. The zero-order chi connectivity index (χ0) is 28.4. The van der Waals surface area contributed by atoms with Crippen LogP contribution in [0.25, 0.3) is 6.08 Å². The maximum absolute atomic E-state index is 13.3. The number of hydrogen-bond donors (Lipinski definition) is 3. The van der Waals surface area contributed by atoms with Crippen molar-refractivity contribution in [3.8, 4) is 0 Å². The van der Waals surface area contributed by atoms with Crippen LogP contribution in [0, 0.1) is 24.2 Å². The summed E-state index contributed by atoms with van der Waals surface area (Å²) in [5.74, 6) is -1.59. The molecular weight excluding hydrogens is 504 g/mol. The van der Waals surface area contributed by atoms with Crippen molar-refractivity contribution in [1.29, 1.82) is 0 Å². The SMILES string of the molecule is C/C(=C\c1scnc1C)[C@@H]1C[C@@H]2N(CCO)[C@]2(C)CCC[C@H](C)[C@H](O)[C@@H](C)C(=O)C(C)(C)[C@@H](O)CC(=O)O1. The molecule has 38 heavy (non-hydrogen) atoms. The molecule has 8 atom stereocenters. The fourth-order valence-electron chi connectivity index (χ4n) is 6.04. The van der Waals surface area contributed by atoms with Crippen LogP contribution in [-0.4, -0.2) is 80.0 Å². The topological polar surface area (TPSA) is 120 Å². The fraction of sp³-hybridized carbons (Fsp3) is 0.759. The molecule has 2 fully saturated rings. The quantitative estimate of drug-likeness (QED) is 0.383. The molecule has 3 N–H and O–H groups in total. The van der Waals surface area contributed by atoms with Crippen molar-refractivity contribution in [2.75, 3.05) is 13.2 Å². The van der Waals surface area contributed by atoms with Crippen molar-refractivity contribution < 1.29 is 29.6 Å². The van der Waals surface area contributed by atoms with E-state index >= 15 is 0 Å². The number of rotatable bonds is 4. The van der Waals surface area contributed by atoms with Gasteiger partial charge in [-0.25, -0.2) is 4.98 Å². The second-order valence-electron chi connectivity index (χ2n) is 12.1. The molecule has 8 nitrogen and oxygen atoms in total. The lowest BCUT2D eigenvalue weighted by Gasteiger charge is -2.34. The van der Waals surface area contributed by atoms with E-state index in [1.165, 1.54) is 11.3 Å². The monoisotopic (exact) mass is 550 g/mol. The zero-order valence-electron chi connectivity index (χ0n) is 23.9. The molecule has 9 heteroatoms. The van der Waals surface area contributed by atoms with Crippen molar-refractivity contribution in [2.24, 2.45) is 17.3 Å². The molecule has 2 aliphatic rings. The van der Waals surface area contributed by atoms with Gasteiger partial charge in [0.15, 0.2) is 0 Å². The van der Waals surface area contributed by atoms with Crippen LogP contribution in [0.1, 0.15) is 84.2 Å². The lowest BCUT2D eigenvalue weighted by atomic mass is 9.73. The summed E-state index contributed by atoms with van der Waals surface area (Å²) in [4.78, 5) is 34.0. The number of aliphatic hydroxyl groups is 3. The van der Waals surface area contributed by atoms with Gasteiger partial charge < -0.3 is 20.1 Å². The highest BCUT2D eigenvalue weighted by Crippen LogP contribution is 2.48. The van der Waals surface area contributed by atoms with Gasteiger partial charge in [0.2, 0.25) is 0 Å². The van der Waals surface area contributed by atoms with Crippen LogP contribution < -0.4 is 0 Å². The van der Waals surface area contributed by atoms with E-state index in [-0.39, 0.29) is 36.3 Å². The number of aromatic nitrogens is 1. The molecule has 2 aliphatic heterocycles. The molecule has 2 saturated heterocycles. The lowest BCUT2D eigenvalue weighted by molar-refractivity contribution is -0.154. The van der Waals surface area contributed by atoms with Gasteiger partial charge in [0, 0.05) is 35.3 Å². The van der Waals surface area contributed by atoms with Gasteiger partial charge in [-0.05, 0) is 51.2 Å². The first kappa shape index (κ1) is 30.9. The van der Waals surface area contributed by atoms with Gasteiger partial charge in [0.1, 0.15) is 11.9 Å². The second-order valence-corrected chi connectivity index (χ2v) is 13.0. The van der Waals surface area contributed by atoms with E-state index in [0.717, 1.165) is 35.4 Å². The van der Waals surface area contributed by atoms with E-state index in [1.807, 2.05) is 26.8 Å². The van der Waals surface area contributed by atoms with E-state index in [9.17, 15) is 24.9 Å². The van der Waals surface area contributed by atoms with Crippen molar-refractivity contribution in [3.63, 3.8) is 0 Å². The second kappa shape index (κ2) is 12.3. The number of hydrogen-bond acceptors (Lipinski definition) is 9. The third-order valence-corrected chi connectivity index (χ3v) is 9.94. The smallest absolute Gasteiger partial charge is 0.309 e. The Hall–Kier alpha value is -1.65. The average molecular weight is 551 g/mol. The van der Waals surface area contributed by atoms with Gasteiger partial charge in [-0.15, -0.1) is 11.3 Å². The number of aryl methyl sites for hydroxylation is 1. The Morgan fingerprint density at radius 1 is 1.26 bits per heavy atom. The summed E-state index contributed by atoms with van der Waals surface area (Å²) in [5, 5.41) is 31.6. The van der Waals surface area contributed by atoms with Gasteiger partial charge in [-0.2, -0.15) is 0 Å². The molecule has 1 aromatic heterocycles. The summed E-state index contributed by atoms with van der Waals surface area (Å²) in [6, 6.07) is 0.119. The summed E-state index contributed by atoms with van der Waals surface area (Å²) < 4.78 is 6.00. The first-order valence-electron chi connectivity index (χ1n) is 13.8. The highest BCUT2D eigenvalue weighted by molar-refractivity contribution is 7.10. The number of fused-ring (bicyclic) bond motifs is 1. The summed E-state index contributed by atoms with van der Waals surface area (Å²) in [6.07, 6.45) is 2.16. The third kappa shape index (κ3) is 6.55. The number of ether oxygens (including phenoxy) is 1. The normalized spacial score (nSPS) is 37.4. The number of aliphatic hydroxyl groups excluding tert-OH is 3. The minimum Gasteiger partial charge on any atom is -0.458 e. The Balaban J connectivity index is 1.94. The molecule has 1 aromatic rings. The van der Waals surface area contributed by atoms with Crippen LogP contribution in [0.5, 0.6) is 0 Å². The van der Waals surface area contributed by atoms with E-state index in [2.05, 4.69) is 16.8 Å². The first-order chi connectivity index (χ1) is 17.7. The number of nitrogens with zero attached hydrogens (tertiary/aromatic N) is 2. The standard InChI is InChI=1S/C29H46N2O6S/c1-17-9-8-10-29(7)23(31(29)11-12-32)14-21(18(2)13-22-20(4)30-16-38-22)37-25(34)15-24(33)28(5,6)27(36)19(3)26(17)35/h13,16-17,19,21,23-24,26,32-33,35H,8-12,14-15H2,1-7H3/b18-13+/t17-,19+,21-,23-,24-,26-,29+,31?/m0/s1. The van der Waals surface area contributed by atoms with Gasteiger partial charge in [-0.3, -0.25) is 14.5 Å². The molecule has 0 radical (unpaired) electrons. The number of β-amino-alcohol motifs (C(OH)–C–C–N with tert-alkyl or cyclic N) is 1. The maximum Gasteiger partial charge on any atom is 0.309 e. The Morgan fingerprint density at radius 3 is 2.55 bits per heavy atom. The predicted octanol–water partition coefficient (Wildman–Crippen LogP) is 3.76. The molecule has 3 rings (SSSR count). The summed E-state index contributed by atoms with van der Waals surface area (Å²) in [5.41, 5.74) is 2.21. The summed E-state index contributed by atoms with van der Waals surface area (Å²) >= 11 is 1.53. The predicted molar refractivity (Wildman–Crippen MR) is 149 cm³/mol. The van der Waals surface area contributed by atoms with Crippen LogP contribution in [-0.2, 0) is 14.3 Å². The highest BCUT2D eigenvalue weighted by atomic mass is 32.1. The largest absolute Gasteiger partial charge is 0.458 e. The number of cyclic esters (lactones) is 1. The fourth-order valence-corrected chi connectivity index (χ4v) is 6.84. The number of thiazole rings is 1. The van der Waals surface area contributed by atoms with E-state index in [1.54, 1.807) is 26.3 Å². The zero-order valence-corrected chi connectivity index (χ0v) is 24.8. The molecular formula is C29H46N2O6S. The van der Waals surface area contributed by atoms with Crippen molar-refractivity contribution >= 4 is 29.2 Å². The Bertz CT molecular complexity index is 1020. The first-order valence-corrected chi connectivity index (χ1v) is 14.7. The van der Waals surface area contributed by atoms with Crippen LogP contribution in [0.4, 0.5) is 0 Å². The molecule has 0 saturated carbocycles. The van der Waals surface area contributed by atoms with Crippen LogP contribution in [0.2, 0.25) is 0 Å². The minimum absolute atomic E-state index is 0.0431. The Kier molecular flexibility index (Phi) is 9.96. The number of esters is 1. The molecule has 1 unspecified atom stereocenters. The van der Waals surface area contributed by atoms with Crippen molar-refractivity contribution in [3.05, 3.63) is 21.7 Å². The molecule has 0 amide bonds. The molecule has 0 bridgehead atoms. The lowest BCUT2D eigenvalue weighted by Crippen LogP contribution is -2.45. The molecule has 3 heterocycles. The molecule has 214 valence electrons. The van der Waals surface area contributed by atoms with E-state index in [4.69, 9.17) is 4.74 Å². The van der Waals surface area contributed by atoms with Gasteiger partial charge in [0.25, 0.3) is 0 Å². The van der Waals surface area contributed by atoms with Crippen LogP contribution in [0.15, 0.2) is 11.1 Å². The van der Waals surface area contributed by atoms with Crippen LogP contribution >= 0.6 is 11.3 Å². The van der Waals surface area contributed by atoms with Gasteiger partial charge in [0.05, 0.1) is 41.9 Å². The summed E-state index contributed by atoms with van der Waals surface area (Å²) in [6.45, 7) is 13.6. The molecule has 0 aromatic carbocycles. The van der Waals surface area contributed by atoms with E-state index < -0.39 is 35.6 Å². The Morgan fingerprint density at radius 2 is 1.95 bits per heavy atom.